The number of nitrogens with one attached hydrogen (secondary N) is 1. The van der Waals surface area contributed by atoms with E-state index in [-0.39, 0.29) is 12.0 Å². The molecule has 4 rings (SSSR count). The summed E-state index contributed by atoms with van der Waals surface area (Å²) in [7, 11) is 0. The van der Waals surface area contributed by atoms with Gasteiger partial charge in [-0.2, -0.15) is 0 Å². The summed E-state index contributed by atoms with van der Waals surface area (Å²) in [6, 6.07) is 13.9. The highest BCUT2D eigenvalue weighted by atomic mass is 16.5. The molecule has 138 valence electrons. The van der Waals surface area contributed by atoms with Crippen molar-refractivity contribution in [2.24, 2.45) is 0 Å². The summed E-state index contributed by atoms with van der Waals surface area (Å²) in [6.07, 6.45) is 5.58. The number of rotatable bonds is 5. The Bertz CT molecular complexity index is 950. The van der Waals surface area contributed by atoms with Crippen LogP contribution in [0.25, 0.3) is 0 Å². The van der Waals surface area contributed by atoms with E-state index in [0.717, 1.165) is 29.0 Å². The molecule has 1 aliphatic heterocycles. The van der Waals surface area contributed by atoms with Crippen LogP contribution in [-0.2, 0) is 13.1 Å². The van der Waals surface area contributed by atoms with E-state index in [1.165, 1.54) is 0 Å². The van der Waals surface area contributed by atoms with Crippen LogP contribution in [0.1, 0.15) is 46.8 Å². The fourth-order valence-electron chi connectivity index (χ4n) is 3.50. The van der Waals surface area contributed by atoms with Gasteiger partial charge in [0.25, 0.3) is 5.91 Å². The SMILES string of the molecule is C[C@@H]1c2cccc(C(=O)NCc3ccccc3Cn3ccnc3)c2O[C@@H]1C. The Hall–Kier alpha value is -3.08. The molecule has 1 aliphatic rings. The van der Waals surface area contributed by atoms with Gasteiger partial charge in [0.05, 0.1) is 11.9 Å². The summed E-state index contributed by atoms with van der Waals surface area (Å²) in [5.74, 6) is 0.913. The van der Waals surface area contributed by atoms with Gasteiger partial charge in [-0.3, -0.25) is 4.79 Å². The Labute approximate surface area is 159 Å². The Morgan fingerprint density at radius 3 is 2.74 bits per heavy atom. The second-order valence-electron chi connectivity index (χ2n) is 7.02. The number of aromatic nitrogens is 2. The lowest BCUT2D eigenvalue weighted by Gasteiger charge is -2.13. The van der Waals surface area contributed by atoms with E-state index < -0.39 is 0 Å². The second-order valence-corrected chi connectivity index (χ2v) is 7.02. The molecule has 2 atom stereocenters. The predicted octanol–water partition coefficient (Wildman–Crippen LogP) is 3.75. The number of amides is 1. The summed E-state index contributed by atoms with van der Waals surface area (Å²) >= 11 is 0. The molecule has 0 unspecified atom stereocenters. The number of imidazole rings is 1. The lowest BCUT2D eigenvalue weighted by atomic mass is 9.97. The second kappa shape index (κ2) is 7.27. The molecule has 1 amide bonds. The molecule has 1 N–H and O–H groups in total. The van der Waals surface area contributed by atoms with Crippen LogP contribution < -0.4 is 10.1 Å². The van der Waals surface area contributed by atoms with E-state index in [1.54, 1.807) is 12.5 Å². The monoisotopic (exact) mass is 361 g/mol. The first kappa shape index (κ1) is 17.3. The molecule has 5 nitrogen and oxygen atoms in total. The van der Waals surface area contributed by atoms with Crippen molar-refractivity contribution in [3.05, 3.63) is 83.4 Å². The fraction of sp³-hybridized carbons (Fsp3) is 0.273. The number of ether oxygens (including phenoxy) is 1. The van der Waals surface area contributed by atoms with Gasteiger partial charge in [-0.25, -0.2) is 4.98 Å². The highest BCUT2D eigenvalue weighted by molar-refractivity contribution is 5.97. The van der Waals surface area contributed by atoms with Gasteiger partial charge < -0.3 is 14.6 Å². The number of carbonyl (C=O) groups is 1. The average Bonchev–Trinajstić information content (AvgIpc) is 3.29. The number of nitrogens with zero attached hydrogens (tertiary/aromatic N) is 2. The molecule has 0 spiro atoms. The van der Waals surface area contributed by atoms with Gasteiger partial charge in [0, 0.05) is 37.0 Å². The molecular weight excluding hydrogens is 338 g/mol. The zero-order valence-corrected chi connectivity index (χ0v) is 15.6. The average molecular weight is 361 g/mol. The third kappa shape index (κ3) is 3.45. The minimum atomic E-state index is -0.106. The molecule has 0 aliphatic carbocycles. The van der Waals surface area contributed by atoms with E-state index in [0.29, 0.717) is 18.0 Å². The quantitative estimate of drug-likeness (QED) is 0.753. The van der Waals surface area contributed by atoms with Gasteiger partial charge in [0.15, 0.2) is 0 Å². The Morgan fingerprint density at radius 1 is 1.15 bits per heavy atom. The van der Waals surface area contributed by atoms with Crippen LogP contribution in [0, 0.1) is 0 Å². The van der Waals surface area contributed by atoms with Crippen molar-refractivity contribution in [1.82, 2.24) is 14.9 Å². The van der Waals surface area contributed by atoms with Gasteiger partial charge in [-0.1, -0.05) is 43.3 Å². The van der Waals surface area contributed by atoms with E-state index >= 15 is 0 Å². The van der Waals surface area contributed by atoms with Crippen molar-refractivity contribution in [3.8, 4) is 5.75 Å². The molecule has 0 bridgehead atoms. The maximum Gasteiger partial charge on any atom is 0.255 e. The lowest BCUT2D eigenvalue weighted by molar-refractivity contribution is 0.0946. The van der Waals surface area contributed by atoms with Gasteiger partial charge >= 0.3 is 0 Å². The van der Waals surface area contributed by atoms with Crippen LogP contribution in [0.5, 0.6) is 5.75 Å². The molecule has 0 saturated carbocycles. The molecule has 3 aromatic rings. The lowest BCUT2D eigenvalue weighted by Crippen LogP contribution is -2.24. The molecular formula is C22H23N3O2. The summed E-state index contributed by atoms with van der Waals surface area (Å²) in [6.45, 7) is 5.37. The van der Waals surface area contributed by atoms with E-state index in [1.807, 2.05) is 54.1 Å². The molecule has 2 heterocycles. The minimum absolute atomic E-state index is 0.0878. The van der Waals surface area contributed by atoms with Crippen LogP contribution in [-0.4, -0.2) is 21.6 Å². The largest absolute Gasteiger partial charge is 0.489 e. The third-order valence-corrected chi connectivity index (χ3v) is 5.26. The third-order valence-electron chi connectivity index (χ3n) is 5.26. The first-order chi connectivity index (χ1) is 13.1. The number of hydrogen-bond acceptors (Lipinski definition) is 3. The van der Waals surface area contributed by atoms with Crippen molar-refractivity contribution in [2.75, 3.05) is 0 Å². The smallest absolute Gasteiger partial charge is 0.255 e. The number of fused-ring (bicyclic) bond motifs is 1. The van der Waals surface area contributed by atoms with Crippen molar-refractivity contribution < 1.29 is 9.53 Å². The van der Waals surface area contributed by atoms with E-state index in [9.17, 15) is 4.79 Å². The highest BCUT2D eigenvalue weighted by Gasteiger charge is 2.30. The molecule has 0 saturated heterocycles. The van der Waals surface area contributed by atoms with Gasteiger partial charge in [-0.05, 0) is 24.1 Å². The van der Waals surface area contributed by atoms with E-state index in [4.69, 9.17) is 4.74 Å². The summed E-state index contributed by atoms with van der Waals surface area (Å²) in [4.78, 5) is 16.9. The Kier molecular flexibility index (Phi) is 4.67. The standard InChI is InChI=1S/C22H23N3O2/c1-15-16(2)27-21-19(15)8-5-9-20(21)22(26)24-12-17-6-3-4-7-18(17)13-25-11-10-23-14-25/h3-11,14-16H,12-13H2,1-2H3,(H,24,26)/t15-,16+/m0/s1. The summed E-state index contributed by atoms with van der Waals surface area (Å²) < 4.78 is 7.96. The summed E-state index contributed by atoms with van der Waals surface area (Å²) in [5, 5.41) is 3.05. The molecule has 0 radical (unpaired) electrons. The van der Waals surface area contributed by atoms with Crippen LogP contribution in [0.3, 0.4) is 0 Å². The molecule has 5 heteroatoms. The topological polar surface area (TPSA) is 56.2 Å². The van der Waals surface area contributed by atoms with Crippen LogP contribution in [0.2, 0.25) is 0 Å². The molecule has 1 aromatic heterocycles. The van der Waals surface area contributed by atoms with Gasteiger partial charge in [-0.15, -0.1) is 0 Å². The van der Waals surface area contributed by atoms with Crippen LogP contribution >= 0.6 is 0 Å². The molecule has 0 fully saturated rings. The van der Waals surface area contributed by atoms with Gasteiger partial charge in [0.2, 0.25) is 0 Å². The van der Waals surface area contributed by atoms with Gasteiger partial charge in [0.1, 0.15) is 11.9 Å². The summed E-state index contributed by atoms with van der Waals surface area (Å²) in [5.41, 5.74) is 3.97. The van der Waals surface area contributed by atoms with Crippen LogP contribution in [0.15, 0.2) is 61.2 Å². The first-order valence-corrected chi connectivity index (χ1v) is 9.24. The first-order valence-electron chi connectivity index (χ1n) is 9.24. The van der Waals surface area contributed by atoms with Crippen molar-refractivity contribution >= 4 is 5.91 Å². The fourth-order valence-corrected chi connectivity index (χ4v) is 3.50. The number of carbonyl (C=O) groups excluding carboxylic acids is 1. The maximum absolute atomic E-state index is 12.8. The predicted molar refractivity (Wildman–Crippen MR) is 104 cm³/mol. The van der Waals surface area contributed by atoms with E-state index in [2.05, 4.69) is 23.3 Å². The Balaban J connectivity index is 1.50. The Morgan fingerprint density at radius 2 is 1.96 bits per heavy atom. The molecule has 27 heavy (non-hydrogen) atoms. The van der Waals surface area contributed by atoms with Crippen LogP contribution in [0.4, 0.5) is 0 Å². The zero-order chi connectivity index (χ0) is 18.8. The number of para-hydroxylation sites is 1. The number of benzene rings is 2. The molecule has 2 aromatic carbocycles. The van der Waals surface area contributed by atoms with Crippen molar-refractivity contribution in [1.29, 1.82) is 0 Å². The highest BCUT2D eigenvalue weighted by Crippen LogP contribution is 2.40. The van der Waals surface area contributed by atoms with Crippen molar-refractivity contribution in [3.63, 3.8) is 0 Å². The maximum atomic E-state index is 12.8. The zero-order valence-electron chi connectivity index (χ0n) is 15.6. The minimum Gasteiger partial charge on any atom is -0.489 e. The normalized spacial score (nSPS) is 18.0. The number of hydrogen-bond donors (Lipinski definition) is 1. The van der Waals surface area contributed by atoms with Crippen molar-refractivity contribution in [2.45, 2.75) is 39.0 Å².